The van der Waals surface area contributed by atoms with Crippen LogP contribution in [0.3, 0.4) is 0 Å². The van der Waals surface area contributed by atoms with Gasteiger partial charge in [-0.2, -0.15) is 0 Å². The highest BCUT2D eigenvalue weighted by Crippen LogP contribution is 2.37. The number of amides is 3. The van der Waals surface area contributed by atoms with E-state index in [1.54, 1.807) is 6.92 Å². The summed E-state index contributed by atoms with van der Waals surface area (Å²) in [5, 5.41) is 18.9. The van der Waals surface area contributed by atoms with Crippen LogP contribution in [0.25, 0.3) is 0 Å². The first kappa shape index (κ1) is 25.5. The Morgan fingerprint density at radius 3 is 2.21 bits per heavy atom. The topological polar surface area (TPSA) is 107 Å². The minimum Gasteiger partial charge on any atom is -0.444 e. The molecule has 0 saturated carbocycles. The van der Waals surface area contributed by atoms with Gasteiger partial charge in [0.15, 0.2) is 6.73 Å². The third-order valence-electron chi connectivity index (χ3n) is 5.36. The highest BCUT2D eigenvalue weighted by Gasteiger charge is 2.55. The van der Waals surface area contributed by atoms with Crippen LogP contribution in [0.4, 0.5) is 10.5 Å². The van der Waals surface area contributed by atoms with Crippen LogP contribution in [0.15, 0.2) is 46.9 Å². The van der Waals surface area contributed by atoms with Crippen molar-refractivity contribution in [2.45, 2.75) is 18.9 Å². The number of aliphatic hydroxyl groups excluding tert-OH is 2. The van der Waals surface area contributed by atoms with Gasteiger partial charge in [-0.1, -0.05) is 51.3 Å². The number of hydrogen-bond acceptors (Lipinski definition) is 6. The number of urea groups is 1. The summed E-state index contributed by atoms with van der Waals surface area (Å²) in [7, 11) is 0. The SMILES string of the molecule is C[C@@]1(Cc2ccc(Br)cc2)C(=O)N(c2cc(Cl)cc(Cl)c2)C(=O)N1COC(=O)C(CO)CO. The minimum absolute atomic E-state index is 0.136. The summed E-state index contributed by atoms with van der Waals surface area (Å²) >= 11 is 15.5. The fraction of sp³-hybridized carbons (Fsp3) is 0.318. The Bertz CT molecular complexity index is 1040. The van der Waals surface area contributed by atoms with E-state index in [-0.39, 0.29) is 22.2 Å². The zero-order chi connectivity index (χ0) is 24.3. The van der Waals surface area contributed by atoms with E-state index in [2.05, 4.69) is 15.9 Å². The Hall–Kier alpha value is -2.17. The minimum atomic E-state index is -1.41. The zero-order valence-corrected chi connectivity index (χ0v) is 20.6. The van der Waals surface area contributed by atoms with Gasteiger partial charge in [0.05, 0.1) is 18.9 Å². The summed E-state index contributed by atoms with van der Waals surface area (Å²) in [6.07, 6.45) is 0.136. The first-order valence-corrected chi connectivity index (χ1v) is 11.4. The number of nitrogens with zero attached hydrogens (tertiary/aromatic N) is 2. The number of benzene rings is 2. The van der Waals surface area contributed by atoms with E-state index in [9.17, 15) is 24.6 Å². The predicted octanol–water partition coefficient (Wildman–Crippen LogP) is 3.63. The normalized spacial score (nSPS) is 18.4. The summed E-state index contributed by atoms with van der Waals surface area (Å²) in [4.78, 5) is 41.2. The van der Waals surface area contributed by atoms with Crippen molar-refractivity contribution >= 4 is 62.7 Å². The van der Waals surface area contributed by atoms with Crippen LogP contribution in [0.1, 0.15) is 12.5 Å². The van der Waals surface area contributed by atoms with Crippen LogP contribution in [-0.4, -0.2) is 58.5 Å². The second-order valence-corrected chi connectivity index (χ2v) is 9.50. The fourth-order valence-electron chi connectivity index (χ4n) is 3.49. The third-order valence-corrected chi connectivity index (χ3v) is 6.32. The van der Waals surface area contributed by atoms with Gasteiger partial charge < -0.3 is 14.9 Å². The summed E-state index contributed by atoms with van der Waals surface area (Å²) < 4.78 is 6.03. The molecule has 3 rings (SSSR count). The molecule has 1 aliphatic heterocycles. The second kappa shape index (κ2) is 10.4. The lowest BCUT2D eigenvalue weighted by molar-refractivity contribution is -0.157. The van der Waals surface area contributed by atoms with Crippen LogP contribution >= 0.6 is 39.1 Å². The molecule has 1 heterocycles. The first-order valence-electron chi connectivity index (χ1n) is 9.85. The first-order chi connectivity index (χ1) is 15.6. The predicted molar refractivity (Wildman–Crippen MR) is 126 cm³/mol. The van der Waals surface area contributed by atoms with Gasteiger partial charge in [-0.15, -0.1) is 0 Å². The van der Waals surface area contributed by atoms with Crippen molar-refractivity contribution < 1.29 is 29.3 Å². The average molecular weight is 560 g/mol. The van der Waals surface area contributed by atoms with Crippen LogP contribution in [0.5, 0.6) is 0 Å². The molecular formula is C22H21BrCl2N2O6. The molecule has 0 radical (unpaired) electrons. The standard InChI is InChI=1S/C22H21BrCl2N2O6/c1-22(9-13-2-4-15(23)5-3-13)20(31)27(18-7-16(24)6-17(25)8-18)21(32)26(22)12-33-19(30)14(10-28)11-29/h2-8,14,28-29H,9-12H2,1H3/t22-/m1/s1. The quantitative estimate of drug-likeness (QED) is 0.378. The number of esters is 1. The summed E-state index contributed by atoms with van der Waals surface area (Å²) in [6.45, 7) is -0.223. The molecule has 2 N–H and O–H groups in total. The number of rotatable bonds is 8. The molecule has 0 bridgehead atoms. The number of ether oxygens (including phenoxy) is 1. The number of carbonyl (C=O) groups is 3. The zero-order valence-electron chi connectivity index (χ0n) is 17.5. The van der Waals surface area contributed by atoms with E-state index >= 15 is 0 Å². The maximum Gasteiger partial charge on any atom is 0.335 e. The maximum atomic E-state index is 13.6. The second-order valence-electron chi connectivity index (χ2n) is 7.71. The third kappa shape index (κ3) is 5.33. The lowest BCUT2D eigenvalue weighted by Crippen LogP contribution is -2.50. The fourth-order valence-corrected chi connectivity index (χ4v) is 4.27. The molecule has 0 aliphatic carbocycles. The Balaban J connectivity index is 1.98. The van der Waals surface area contributed by atoms with E-state index in [0.717, 1.165) is 19.8 Å². The van der Waals surface area contributed by atoms with Crippen molar-refractivity contribution in [1.82, 2.24) is 4.90 Å². The van der Waals surface area contributed by atoms with Crippen molar-refractivity contribution in [2.75, 3.05) is 24.8 Å². The highest BCUT2D eigenvalue weighted by atomic mass is 79.9. The number of halogens is 3. The molecule has 8 nitrogen and oxygen atoms in total. The van der Waals surface area contributed by atoms with Gasteiger partial charge in [-0.05, 0) is 42.8 Å². The number of aliphatic hydroxyl groups is 2. The van der Waals surface area contributed by atoms with Crippen LogP contribution < -0.4 is 4.90 Å². The van der Waals surface area contributed by atoms with E-state index in [1.165, 1.54) is 18.2 Å². The molecule has 1 aliphatic rings. The highest BCUT2D eigenvalue weighted by molar-refractivity contribution is 9.10. The summed E-state index contributed by atoms with van der Waals surface area (Å²) in [5.74, 6) is -2.60. The molecule has 0 aromatic heterocycles. The average Bonchev–Trinajstić information content (AvgIpc) is 2.93. The molecule has 0 unspecified atom stereocenters. The van der Waals surface area contributed by atoms with E-state index in [0.29, 0.717) is 0 Å². The summed E-state index contributed by atoms with van der Waals surface area (Å²) in [5.41, 5.74) is -0.455. The van der Waals surface area contributed by atoms with Gasteiger partial charge in [0.25, 0.3) is 5.91 Å². The molecule has 2 aromatic carbocycles. The van der Waals surface area contributed by atoms with Crippen molar-refractivity contribution in [3.63, 3.8) is 0 Å². The smallest absolute Gasteiger partial charge is 0.335 e. The van der Waals surface area contributed by atoms with Crippen molar-refractivity contribution in [3.05, 3.63) is 62.5 Å². The molecule has 11 heteroatoms. The number of carbonyl (C=O) groups excluding carboxylic acids is 3. The number of imide groups is 1. The molecule has 1 saturated heterocycles. The maximum absolute atomic E-state index is 13.6. The Kier molecular flexibility index (Phi) is 8.02. The van der Waals surface area contributed by atoms with Crippen molar-refractivity contribution in [1.29, 1.82) is 0 Å². The molecular weight excluding hydrogens is 539 g/mol. The van der Waals surface area contributed by atoms with Crippen molar-refractivity contribution in [2.24, 2.45) is 5.92 Å². The van der Waals surface area contributed by atoms with Crippen molar-refractivity contribution in [3.8, 4) is 0 Å². The molecule has 1 atom stereocenters. The van der Waals surface area contributed by atoms with E-state index in [1.807, 2.05) is 24.3 Å². The van der Waals surface area contributed by atoms with Gasteiger partial charge in [0.1, 0.15) is 11.5 Å². The lowest BCUT2D eigenvalue weighted by atomic mass is 9.91. The molecule has 0 spiro atoms. The lowest BCUT2D eigenvalue weighted by Gasteiger charge is -2.31. The molecule has 2 aromatic rings. The monoisotopic (exact) mass is 558 g/mol. The largest absolute Gasteiger partial charge is 0.444 e. The molecule has 1 fully saturated rings. The van der Waals surface area contributed by atoms with Gasteiger partial charge in [-0.3, -0.25) is 14.5 Å². The molecule has 176 valence electrons. The summed E-state index contributed by atoms with van der Waals surface area (Å²) in [6, 6.07) is 10.9. The van der Waals surface area contributed by atoms with Crippen LogP contribution in [0, 0.1) is 5.92 Å². The number of anilines is 1. The van der Waals surface area contributed by atoms with Gasteiger partial charge >= 0.3 is 12.0 Å². The molecule has 33 heavy (non-hydrogen) atoms. The van der Waals surface area contributed by atoms with Gasteiger partial charge in [0, 0.05) is 20.9 Å². The van der Waals surface area contributed by atoms with Crippen LogP contribution in [0.2, 0.25) is 10.0 Å². The van der Waals surface area contributed by atoms with Crippen LogP contribution in [-0.2, 0) is 20.7 Å². The Morgan fingerprint density at radius 1 is 1.09 bits per heavy atom. The van der Waals surface area contributed by atoms with Gasteiger partial charge in [0.2, 0.25) is 0 Å². The van der Waals surface area contributed by atoms with E-state index < -0.39 is 49.3 Å². The van der Waals surface area contributed by atoms with Gasteiger partial charge in [-0.25, -0.2) is 9.69 Å². The van der Waals surface area contributed by atoms with E-state index in [4.69, 9.17) is 27.9 Å². The molecule has 3 amide bonds. The Morgan fingerprint density at radius 2 is 1.67 bits per heavy atom. The Labute approximate surface area is 208 Å². The number of hydrogen-bond donors (Lipinski definition) is 2.